The number of nitrogens with zero attached hydrogens (tertiary/aromatic N) is 2. The Morgan fingerprint density at radius 2 is 2.14 bits per heavy atom. The van der Waals surface area contributed by atoms with Crippen LogP contribution in [0, 0.1) is 0 Å². The average Bonchev–Trinajstić information content (AvgIpc) is 3.04. The lowest BCUT2D eigenvalue weighted by Gasteiger charge is -2.05. The zero-order valence-corrected chi connectivity index (χ0v) is 11.8. The van der Waals surface area contributed by atoms with Crippen molar-refractivity contribution < 1.29 is 4.79 Å². The van der Waals surface area contributed by atoms with Crippen LogP contribution < -0.4 is 10.9 Å². The average molecular weight is 297 g/mol. The van der Waals surface area contributed by atoms with Crippen molar-refractivity contribution in [1.29, 1.82) is 0 Å². The SMILES string of the molecule is O=C(CCc1cn[nH]c1)NCc1nc2ccccc2c(=O)[nH]1. The van der Waals surface area contributed by atoms with Gasteiger partial charge in [-0.3, -0.25) is 14.7 Å². The lowest BCUT2D eigenvalue weighted by atomic mass is 10.2. The summed E-state index contributed by atoms with van der Waals surface area (Å²) in [4.78, 5) is 30.7. The van der Waals surface area contributed by atoms with Gasteiger partial charge in [-0.2, -0.15) is 5.10 Å². The van der Waals surface area contributed by atoms with Crippen molar-refractivity contribution in [3.05, 3.63) is 58.4 Å². The van der Waals surface area contributed by atoms with Gasteiger partial charge in [0.25, 0.3) is 5.56 Å². The van der Waals surface area contributed by atoms with Gasteiger partial charge in [-0.05, 0) is 24.1 Å². The van der Waals surface area contributed by atoms with Gasteiger partial charge in [0, 0.05) is 12.6 Å². The van der Waals surface area contributed by atoms with Gasteiger partial charge in [0.15, 0.2) is 0 Å². The Hall–Kier alpha value is -2.96. The minimum atomic E-state index is -0.201. The van der Waals surface area contributed by atoms with Crippen LogP contribution >= 0.6 is 0 Å². The van der Waals surface area contributed by atoms with Crippen LogP contribution in [0.15, 0.2) is 41.5 Å². The van der Waals surface area contributed by atoms with Crippen LogP contribution in [0.2, 0.25) is 0 Å². The largest absolute Gasteiger partial charge is 0.349 e. The predicted octanol–water partition coefficient (Wildman–Crippen LogP) is 0.895. The maximum atomic E-state index is 11.9. The van der Waals surface area contributed by atoms with Crippen LogP contribution in [0.25, 0.3) is 10.9 Å². The number of aromatic nitrogens is 4. The number of carbonyl (C=O) groups is 1. The van der Waals surface area contributed by atoms with E-state index in [2.05, 4.69) is 25.5 Å². The number of aryl methyl sites for hydroxylation is 1. The first-order chi connectivity index (χ1) is 10.7. The number of H-pyrrole nitrogens is 2. The van der Waals surface area contributed by atoms with Crippen LogP contribution in [0.5, 0.6) is 0 Å². The van der Waals surface area contributed by atoms with Gasteiger partial charge in [-0.25, -0.2) is 4.98 Å². The Kier molecular flexibility index (Phi) is 3.95. The van der Waals surface area contributed by atoms with E-state index in [9.17, 15) is 9.59 Å². The quantitative estimate of drug-likeness (QED) is 0.650. The Morgan fingerprint density at radius 3 is 2.95 bits per heavy atom. The van der Waals surface area contributed by atoms with Gasteiger partial charge in [-0.1, -0.05) is 12.1 Å². The molecule has 0 bridgehead atoms. The first kappa shape index (κ1) is 14.0. The highest BCUT2D eigenvalue weighted by atomic mass is 16.1. The number of hydrogen-bond acceptors (Lipinski definition) is 4. The van der Waals surface area contributed by atoms with E-state index in [1.807, 2.05) is 6.07 Å². The predicted molar refractivity (Wildman–Crippen MR) is 81.1 cm³/mol. The van der Waals surface area contributed by atoms with E-state index >= 15 is 0 Å². The van der Waals surface area contributed by atoms with Crippen molar-refractivity contribution in [1.82, 2.24) is 25.5 Å². The van der Waals surface area contributed by atoms with Crippen molar-refractivity contribution in [2.75, 3.05) is 0 Å². The first-order valence-electron chi connectivity index (χ1n) is 6.94. The molecule has 0 aliphatic heterocycles. The molecule has 22 heavy (non-hydrogen) atoms. The molecular formula is C15H15N5O2. The number of para-hydroxylation sites is 1. The number of amides is 1. The molecule has 3 aromatic rings. The second-order valence-electron chi connectivity index (χ2n) is 4.91. The molecule has 7 heteroatoms. The molecule has 0 radical (unpaired) electrons. The molecule has 1 aromatic carbocycles. The maximum absolute atomic E-state index is 11.9. The van der Waals surface area contributed by atoms with Crippen molar-refractivity contribution in [2.24, 2.45) is 0 Å². The smallest absolute Gasteiger partial charge is 0.258 e. The summed E-state index contributed by atoms with van der Waals surface area (Å²) in [5.74, 6) is 0.345. The Bertz CT molecular complexity index is 839. The normalized spacial score (nSPS) is 10.7. The highest BCUT2D eigenvalue weighted by Crippen LogP contribution is 2.05. The fraction of sp³-hybridized carbons (Fsp3) is 0.200. The lowest BCUT2D eigenvalue weighted by Crippen LogP contribution is -2.25. The summed E-state index contributed by atoms with van der Waals surface area (Å²) in [6.45, 7) is 0.199. The lowest BCUT2D eigenvalue weighted by molar-refractivity contribution is -0.121. The van der Waals surface area contributed by atoms with Gasteiger partial charge >= 0.3 is 0 Å². The van der Waals surface area contributed by atoms with Gasteiger partial charge in [0.1, 0.15) is 5.82 Å². The third-order valence-corrected chi connectivity index (χ3v) is 3.31. The van der Waals surface area contributed by atoms with Crippen molar-refractivity contribution >= 4 is 16.8 Å². The van der Waals surface area contributed by atoms with Gasteiger partial charge in [0.2, 0.25) is 5.91 Å². The Balaban J connectivity index is 1.61. The molecule has 0 aliphatic rings. The number of aromatic amines is 2. The molecule has 3 N–H and O–H groups in total. The number of benzene rings is 1. The summed E-state index contributed by atoms with van der Waals surface area (Å²) in [7, 11) is 0. The summed E-state index contributed by atoms with van der Waals surface area (Å²) in [6, 6.07) is 7.10. The molecule has 0 spiro atoms. The van der Waals surface area contributed by atoms with Crippen LogP contribution in [0.4, 0.5) is 0 Å². The van der Waals surface area contributed by atoms with Gasteiger partial charge < -0.3 is 10.3 Å². The monoisotopic (exact) mass is 297 g/mol. The van der Waals surface area contributed by atoms with Crippen LogP contribution in [0.1, 0.15) is 17.8 Å². The summed E-state index contributed by atoms with van der Waals surface area (Å²) in [5.41, 5.74) is 1.40. The molecule has 0 atom stereocenters. The zero-order valence-electron chi connectivity index (χ0n) is 11.8. The Morgan fingerprint density at radius 1 is 1.27 bits per heavy atom. The standard InChI is InChI=1S/C15H15N5O2/c21-14(6-5-10-7-17-18-8-10)16-9-13-19-12-4-2-1-3-11(12)15(22)20-13/h1-4,7-8H,5-6,9H2,(H,16,21)(H,17,18)(H,19,20,22). The van der Waals surface area contributed by atoms with Crippen LogP contribution in [0.3, 0.4) is 0 Å². The molecule has 2 heterocycles. The number of hydrogen-bond donors (Lipinski definition) is 3. The molecule has 0 unspecified atom stereocenters. The van der Waals surface area contributed by atoms with Crippen molar-refractivity contribution in [2.45, 2.75) is 19.4 Å². The third-order valence-electron chi connectivity index (χ3n) is 3.31. The zero-order chi connectivity index (χ0) is 15.4. The second-order valence-corrected chi connectivity index (χ2v) is 4.91. The summed E-state index contributed by atoms with van der Waals surface area (Å²) >= 11 is 0. The topological polar surface area (TPSA) is 104 Å². The van der Waals surface area contributed by atoms with E-state index in [1.54, 1.807) is 30.6 Å². The molecule has 112 valence electrons. The van der Waals surface area contributed by atoms with Gasteiger partial charge in [0.05, 0.1) is 23.6 Å². The molecule has 7 nitrogen and oxygen atoms in total. The molecule has 0 saturated heterocycles. The van der Waals surface area contributed by atoms with Crippen molar-refractivity contribution in [3.8, 4) is 0 Å². The van der Waals surface area contributed by atoms with Crippen LogP contribution in [-0.2, 0) is 17.8 Å². The molecule has 0 aliphatic carbocycles. The third kappa shape index (κ3) is 3.20. The fourth-order valence-corrected chi connectivity index (χ4v) is 2.16. The van der Waals surface area contributed by atoms with Crippen molar-refractivity contribution in [3.63, 3.8) is 0 Å². The summed E-state index contributed by atoms with van der Waals surface area (Å²) in [6.07, 6.45) is 4.42. The number of carbonyl (C=O) groups excluding carboxylic acids is 1. The molecule has 2 aromatic heterocycles. The summed E-state index contributed by atoms with van der Waals surface area (Å²) in [5, 5.41) is 9.82. The first-order valence-corrected chi connectivity index (χ1v) is 6.94. The molecule has 0 fully saturated rings. The van der Waals surface area contributed by atoms with E-state index in [0.29, 0.717) is 29.6 Å². The van der Waals surface area contributed by atoms with E-state index < -0.39 is 0 Å². The van der Waals surface area contributed by atoms with E-state index in [1.165, 1.54) is 0 Å². The summed E-state index contributed by atoms with van der Waals surface area (Å²) < 4.78 is 0. The van der Waals surface area contributed by atoms with E-state index in [-0.39, 0.29) is 18.0 Å². The Labute approximate surface area is 125 Å². The van der Waals surface area contributed by atoms with E-state index in [0.717, 1.165) is 5.56 Å². The molecule has 3 rings (SSSR count). The highest BCUT2D eigenvalue weighted by Gasteiger charge is 2.06. The maximum Gasteiger partial charge on any atom is 0.258 e. The fourth-order valence-electron chi connectivity index (χ4n) is 2.16. The number of rotatable bonds is 5. The number of fused-ring (bicyclic) bond motifs is 1. The molecule has 0 saturated carbocycles. The molecular weight excluding hydrogens is 282 g/mol. The second kappa shape index (κ2) is 6.21. The molecule has 1 amide bonds. The van der Waals surface area contributed by atoms with Crippen LogP contribution in [-0.4, -0.2) is 26.1 Å². The minimum Gasteiger partial charge on any atom is -0.349 e. The minimum absolute atomic E-state index is 0.1000. The number of nitrogens with one attached hydrogen (secondary N) is 3. The van der Waals surface area contributed by atoms with Gasteiger partial charge in [-0.15, -0.1) is 0 Å². The highest BCUT2D eigenvalue weighted by molar-refractivity contribution is 5.77. The van der Waals surface area contributed by atoms with E-state index in [4.69, 9.17) is 0 Å².